The standard InChI is InChI=1S/C26H24FN3O6/c1-2-24(32)36-25-20(27)9-6-10-21(25)29-26(33)22(15-18-11-13-19(14-12-18)30(34)35)28-23(31)16-17-7-4-3-5-8-17/h3-14,22H,2,15-16H2,1H3,(H,28,31)(H,29,33)/t22-/m0/s1. The van der Waals surface area contributed by atoms with Gasteiger partial charge in [0.25, 0.3) is 5.69 Å². The molecule has 3 aromatic rings. The number of esters is 1. The van der Waals surface area contributed by atoms with Crippen LogP contribution < -0.4 is 15.4 Å². The Morgan fingerprint density at radius 3 is 2.31 bits per heavy atom. The van der Waals surface area contributed by atoms with Crippen molar-refractivity contribution in [1.82, 2.24) is 5.32 Å². The van der Waals surface area contributed by atoms with Crippen LogP contribution in [0.1, 0.15) is 24.5 Å². The van der Waals surface area contributed by atoms with Gasteiger partial charge in [0.15, 0.2) is 11.6 Å². The number of non-ortho nitro benzene ring substituents is 1. The summed E-state index contributed by atoms with van der Waals surface area (Å²) in [4.78, 5) is 48.0. The highest BCUT2D eigenvalue weighted by Crippen LogP contribution is 2.28. The van der Waals surface area contributed by atoms with Crippen molar-refractivity contribution in [2.45, 2.75) is 32.2 Å². The molecule has 36 heavy (non-hydrogen) atoms. The lowest BCUT2D eigenvalue weighted by Crippen LogP contribution is -2.45. The first-order chi connectivity index (χ1) is 17.3. The molecule has 0 bridgehead atoms. The van der Waals surface area contributed by atoms with Crippen LogP contribution in [0.5, 0.6) is 5.75 Å². The molecule has 10 heteroatoms. The van der Waals surface area contributed by atoms with Crippen LogP contribution in [0.15, 0.2) is 72.8 Å². The summed E-state index contributed by atoms with van der Waals surface area (Å²) in [5.41, 5.74) is 1.10. The van der Waals surface area contributed by atoms with Crippen LogP contribution in [0, 0.1) is 15.9 Å². The number of benzene rings is 3. The van der Waals surface area contributed by atoms with Crippen LogP contribution in [0.3, 0.4) is 0 Å². The summed E-state index contributed by atoms with van der Waals surface area (Å²) >= 11 is 0. The minimum absolute atomic E-state index is 0.0000327. The number of nitro benzene ring substituents is 1. The number of halogens is 1. The molecule has 0 aliphatic rings. The number of amides is 2. The van der Waals surface area contributed by atoms with E-state index < -0.39 is 40.3 Å². The third kappa shape index (κ3) is 7.20. The predicted molar refractivity (Wildman–Crippen MR) is 130 cm³/mol. The predicted octanol–water partition coefficient (Wildman–Crippen LogP) is 3.96. The smallest absolute Gasteiger partial charge is 0.311 e. The fraction of sp³-hybridized carbons (Fsp3) is 0.192. The van der Waals surface area contributed by atoms with Gasteiger partial charge < -0.3 is 15.4 Å². The molecular weight excluding hydrogens is 469 g/mol. The van der Waals surface area contributed by atoms with Crippen LogP contribution >= 0.6 is 0 Å². The number of anilines is 1. The maximum Gasteiger partial charge on any atom is 0.311 e. The van der Waals surface area contributed by atoms with E-state index in [4.69, 9.17) is 4.74 Å². The number of carbonyl (C=O) groups excluding carboxylic acids is 3. The molecule has 2 amide bonds. The number of rotatable bonds is 10. The van der Waals surface area contributed by atoms with E-state index >= 15 is 0 Å². The molecule has 0 aromatic heterocycles. The zero-order chi connectivity index (χ0) is 26.1. The highest BCUT2D eigenvalue weighted by Gasteiger charge is 2.24. The van der Waals surface area contributed by atoms with Crippen LogP contribution in [-0.4, -0.2) is 28.7 Å². The summed E-state index contributed by atoms with van der Waals surface area (Å²) in [6, 6.07) is 17.2. The van der Waals surface area contributed by atoms with E-state index in [2.05, 4.69) is 10.6 Å². The van der Waals surface area contributed by atoms with Crippen molar-refractivity contribution in [3.63, 3.8) is 0 Å². The first-order valence-corrected chi connectivity index (χ1v) is 11.1. The topological polar surface area (TPSA) is 128 Å². The molecule has 0 fully saturated rings. The highest BCUT2D eigenvalue weighted by molar-refractivity contribution is 5.99. The Hall–Kier alpha value is -4.60. The summed E-state index contributed by atoms with van der Waals surface area (Å²) in [5.74, 6) is -3.07. The van der Waals surface area contributed by atoms with E-state index in [0.29, 0.717) is 5.56 Å². The zero-order valence-electron chi connectivity index (χ0n) is 19.4. The average Bonchev–Trinajstić information content (AvgIpc) is 2.86. The summed E-state index contributed by atoms with van der Waals surface area (Å²) < 4.78 is 19.4. The van der Waals surface area contributed by atoms with Gasteiger partial charge in [0.2, 0.25) is 11.8 Å². The van der Waals surface area contributed by atoms with Gasteiger partial charge in [-0.2, -0.15) is 0 Å². The van der Waals surface area contributed by atoms with E-state index in [1.54, 1.807) is 31.2 Å². The Morgan fingerprint density at radius 1 is 0.972 bits per heavy atom. The number of ether oxygens (including phenoxy) is 1. The molecule has 9 nitrogen and oxygen atoms in total. The monoisotopic (exact) mass is 493 g/mol. The lowest BCUT2D eigenvalue weighted by Gasteiger charge is -2.20. The first kappa shape index (κ1) is 26.0. The Balaban J connectivity index is 1.83. The van der Waals surface area contributed by atoms with Crippen molar-refractivity contribution in [3.8, 4) is 5.75 Å². The summed E-state index contributed by atoms with van der Waals surface area (Å²) in [6.07, 6.45) is 0.0218. The Bertz CT molecular complexity index is 1250. The average molecular weight is 493 g/mol. The second-order valence-electron chi connectivity index (χ2n) is 7.84. The van der Waals surface area contributed by atoms with Crippen LogP contribution in [-0.2, 0) is 27.2 Å². The van der Waals surface area contributed by atoms with Crippen LogP contribution in [0.2, 0.25) is 0 Å². The molecule has 0 unspecified atom stereocenters. The van der Waals surface area contributed by atoms with Crippen molar-refractivity contribution < 1.29 is 28.4 Å². The Kier molecular flexibility index (Phi) is 8.82. The van der Waals surface area contributed by atoms with Gasteiger partial charge in [-0.1, -0.05) is 55.5 Å². The summed E-state index contributed by atoms with van der Waals surface area (Å²) in [7, 11) is 0. The molecular formula is C26H24FN3O6. The second kappa shape index (κ2) is 12.2. The van der Waals surface area contributed by atoms with Crippen molar-refractivity contribution in [3.05, 3.63) is 99.9 Å². The second-order valence-corrected chi connectivity index (χ2v) is 7.84. The van der Waals surface area contributed by atoms with E-state index in [1.807, 2.05) is 6.07 Å². The Morgan fingerprint density at radius 2 is 1.67 bits per heavy atom. The summed E-state index contributed by atoms with van der Waals surface area (Å²) in [6.45, 7) is 1.55. The maximum atomic E-state index is 14.3. The molecule has 2 N–H and O–H groups in total. The lowest BCUT2D eigenvalue weighted by atomic mass is 10.0. The van der Waals surface area contributed by atoms with E-state index in [-0.39, 0.29) is 30.6 Å². The summed E-state index contributed by atoms with van der Waals surface area (Å²) in [5, 5.41) is 16.1. The molecule has 0 saturated carbocycles. The normalized spacial score (nSPS) is 11.3. The van der Waals surface area contributed by atoms with Gasteiger partial charge in [-0.15, -0.1) is 0 Å². The lowest BCUT2D eigenvalue weighted by molar-refractivity contribution is -0.384. The Labute approximate surface area is 206 Å². The van der Waals surface area contributed by atoms with Gasteiger partial charge in [-0.3, -0.25) is 24.5 Å². The minimum atomic E-state index is -1.11. The maximum absolute atomic E-state index is 14.3. The van der Waals surface area contributed by atoms with Gasteiger partial charge in [0.05, 0.1) is 17.0 Å². The molecule has 0 aliphatic carbocycles. The number of nitrogens with one attached hydrogen (secondary N) is 2. The van der Waals surface area contributed by atoms with Gasteiger partial charge in [0, 0.05) is 25.0 Å². The zero-order valence-corrected chi connectivity index (χ0v) is 19.4. The van der Waals surface area contributed by atoms with Crippen molar-refractivity contribution >= 4 is 29.2 Å². The number of hydrogen-bond donors (Lipinski definition) is 2. The van der Waals surface area contributed by atoms with Gasteiger partial charge in [-0.25, -0.2) is 4.39 Å². The van der Waals surface area contributed by atoms with Gasteiger partial charge >= 0.3 is 5.97 Å². The molecule has 0 radical (unpaired) electrons. The number of hydrogen-bond acceptors (Lipinski definition) is 6. The van der Waals surface area contributed by atoms with E-state index in [0.717, 1.165) is 11.6 Å². The number of carbonyl (C=O) groups is 3. The molecule has 0 spiro atoms. The van der Waals surface area contributed by atoms with Crippen molar-refractivity contribution in [2.24, 2.45) is 0 Å². The fourth-order valence-electron chi connectivity index (χ4n) is 3.34. The largest absolute Gasteiger partial charge is 0.421 e. The molecule has 3 rings (SSSR count). The number of nitro groups is 1. The minimum Gasteiger partial charge on any atom is -0.421 e. The van der Waals surface area contributed by atoms with Gasteiger partial charge in [-0.05, 0) is 23.3 Å². The van der Waals surface area contributed by atoms with Gasteiger partial charge in [0.1, 0.15) is 6.04 Å². The quantitative estimate of drug-likeness (QED) is 0.190. The SMILES string of the molecule is CCC(=O)Oc1c(F)cccc1NC(=O)[C@H](Cc1ccc([N+](=O)[O-])cc1)NC(=O)Cc1ccccc1. The molecule has 1 atom stereocenters. The molecule has 0 saturated heterocycles. The van der Waals surface area contributed by atoms with Crippen molar-refractivity contribution in [2.75, 3.05) is 5.32 Å². The fourth-order valence-corrected chi connectivity index (χ4v) is 3.34. The van der Waals surface area contributed by atoms with E-state index in [9.17, 15) is 28.9 Å². The van der Waals surface area contributed by atoms with Crippen LogP contribution in [0.25, 0.3) is 0 Å². The molecule has 186 valence electrons. The van der Waals surface area contributed by atoms with Crippen molar-refractivity contribution in [1.29, 1.82) is 0 Å². The first-order valence-electron chi connectivity index (χ1n) is 11.1. The number of para-hydroxylation sites is 1. The van der Waals surface area contributed by atoms with Crippen LogP contribution in [0.4, 0.5) is 15.8 Å². The third-order valence-electron chi connectivity index (χ3n) is 5.18. The third-order valence-corrected chi connectivity index (χ3v) is 5.18. The molecule has 0 aliphatic heterocycles. The highest BCUT2D eigenvalue weighted by atomic mass is 19.1. The molecule has 3 aromatic carbocycles. The van der Waals surface area contributed by atoms with E-state index in [1.165, 1.54) is 36.4 Å². The molecule has 0 heterocycles. The number of nitrogens with zero attached hydrogens (tertiary/aromatic N) is 1.